The van der Waals surface area contributed by atoms with Gasteiger partial charge in [-0.15, -0.1) is 0 Å². The molecule has 0 unspecified atom stereocenters. The molecule has 0 N–H and O–H groups in total. The number of hydrogen-bond acceptors (Lipinski definition) is 4. The van der Waals surface area contributed by atoms with Crippen LogP contribution >= 0.6 is 0 Å². The van der Waals surface area contributed by atoms with Crippen molar-refractivity contribution < 1.29 is 9.66 Å². The zero-order valence-corrected chi connectivity index (χ0v) is 15.3. The second-order valence-electron chi connectivity index (χ2n) is 6.29. The average molecular weight is 370 g/mol. The molecule has 0 aliphatic heterocycles. The molecular formula is C23H18N2O3. The van der Waals surface area contributed by atoms with Gasteiger partial charge >= 0.3 is 0 Å². The number of ether oxygens (including phenoxy) is 1. The lowest BCUT2D eigenvalue weighted by Gasteiger charge is -2.10. The minimum Gasteiger partial charge on any atom is -0.488 e. The van der Waals surface area contributed by atoms with E-state index < -0.39 is 4.92 Å². The molecule has 3 aromatic rings. The van der Waals surface area contributed by atoms with Crippen molar-refractivity contribution in [3.8, 4) is 11.8 Å². The van der Waals surface area contributed by atoms with E-state index >= 15 is 0 Å². The van der Waals surface area contributed by atoms with E-state index in [-0.39, 0.29) is 12.3 Å². The Morgan fingerprint density at radius 2 is 1.75 bits per heavy atom. The predicted molar refractivity (Wildman–Crippen MR) is 109 cm³/mol. The summed E-state index contributed by atoms with van der Waals surface area (Å²) in [5, 5.41) is 20.3. The monoisotopic (exact) mass is 370 g/mol. The van der Waals surface area contributed by atoms with Crippen LogP contribution in [0.2, 0.25) is 0 Å². The van der Waals surface area contributed by atoms with Gasteiger partial charge in [0.15, 0.2) is 0 Å². The van der Waals surface area contributed by atoms with E-state index in [9.17, 15) is 15.4 Å². The van der Waals surface area contributed by atoms with Gasteiger partial charge in [0.25, 0.3) is 5.69 Å². The lowest BCUT2D eigenvalue weighted by Crippen LogP contribution is -1.97. The highest BCUT2D eigenvalue weighted by Crippen LogP contribution is 2.26. The van der Waals surface area contributed by atoms with Crippen molar-refractivity contribution >= 4 is 17.3 Å². The number of non-ortho nitro benzene ring substituents is 1. The van der Waals surface area contributed by atoms with Gasteiger partial charge in [-0.1, -0.05) is 48.0 Å². The molecule has 3 aromatic carbocycles. The van der Waals surface area contributed by atoms with E-state index in [0.717, 1.165) is 22.3 Å². The number of nitro benzene ring substituents is 1. The Labute approximate surface area is 163 Å². The molecule has 0 aliphatic rings. The second kappa shape index (κ2) is 8.65. The van der Waals surface area contributed by atoms with Crippen LogP contribution in [-0.2, 0) is 6.61 Å². The van der Waals surface area contributed by atoms with Crippen LogP contribution in [-0.4, -0.2) is 4.92 Å². The molecule has 0 radical (unpaired) electrons. The number of nitro groups is 1. The summed E-state index contributed by atoms with van der Waals surface area (Å²) in [7, 11) is 0. The normalized spacial score (nSPS) is 10.9. The van der Waals surface area contributed by atoms with Crippen molar-refractivity contribution in [2.24, 2.45) is 0 Å². The van der Waals surface area contributed by atoms with Gasteiger partial charge in [0.05, 0.1) is 16.6 Å². The van der Waals surface area contributed by atoms with Gasteiger partial charge in [-0.25, -0.2) is 0 Å². The van der Waals surface area contributed by atoms with Gasteiger partial charge in [-0.05, 0) is 42.3 Å². The maximum Gasteiger partial charge on any atom is 0.269 e. The number of para-hydroxylation sites is 1. The quantitative estimate of drug-likeness (QED) is 0.247. The first-order valence-corrected chi connectivity index (χ1v) is 8.71. The molecule has 5 heteroatoms. The number of benzene rings is 3. The molecule has 0 heterocycles. The number of allylic oxidation sites excluding steroid dienone is 1. The van der Waals surface area contributed by atoms with Crippen molar-refractivity contribution in [2.45, 2.75) is 13.5 Å². The first-order chi connectivity index (χ1) is 13.6. The Hall–Kier alpha value is -3.91. The van der Waals surface area contributed by atoms with E-state index in [1.54, 1.807) is 18.2 Å². The van der Waals surface area contributed by atoms with Crippen LogP contribution in [0.3, 0.4) is 0 Å². The summed E-state index contributed by atoms with van der Waals surface area (Å²) in [5.41, 5.74) is 4.19. The third kappa shape index (κ3) is 4.63. The fourth-order valence-corrected chi connectivity index (χ4v) is 2.67. The number of nitriles is 1. The third-order valence-corrected chi connectivity index (χ3v) is 4.24. The summed E-state index contributed by atoms with van der Waals surface area (Å²) in [6.07, 6.45) is 1.80. The van der Waals surface area contributed by atoms with Gasteiger partial charge in [0.1, 0.15) is 12.4 Å². The summed E-state index contributed by atoms with van der Waals surface area (Å²) in [5.74, 6) is 0.640. The minimum atomic E-state index is -0.431. The Morgan fingerprint density at radius 3 is 2.39 bits per heavy atom. The van der Waals surface area contributed by atoms with Crippen LogP contribution in [0.4, 0.5) is 5.69 Å². The van der Waals surface area contributed by atoms with E-state index in [0.29, 0.717) is 11.3 Å². The van der Waals surface area contributed by atoms with Crippen LogP contribution in [0.1, 0.15) is 22.3 Å². The number of rotatable bonds is 6. The van der Waals surface area contributed by atoms with Crippen molar-refractivity contribution in [3.63, 3.8) is 0 Å². The van der Waals surface area contributed by atoms with Crippen LogP contribution in [0.5, 0.6) is 5.75 Å². The van der Waals surface area contributed by atoms with Crippen LogP contribution < -0.4 is 4.74 Å². The highest BCUT2D eigenvalue weighted by molar-refractivity contribution is 5.90. The Balaban J connectivity index is 1.81. The fourth-order valence-electron chi connectivity index (χ4n) is 2.67. The first kappa shape index (κ1) is 18.9. The molecule has 0 amide bonds. The lowest BCUT2D eigenvalue weighted by atomic mass is 10.0. The van der Waals surface area contributed by atoms with Gasteiger partial charge in [0.2, 0.25) is 0 Å². The molecule has 0 saturated heterocycles. The molecule has 138 valence electrons. The molecule has 0 atom stereocenters. The summed E-state index contributed by atoms with van der Waals surface area (Å²) in [4.78, 5) is 10.3. The van der Waals surface area contributed by atoms with Crippen LogP contribution in [0.25, 0.3) is 11.6 Å². The number of hydrogen-bond donors (Lipinski definition) is 0. The van der Waals surface area contributed by atoms with E-state index in [2.05, 4.69) is 6.07 Å². The Bertz CT molecular complexity index is 1050. The average Bonchev–Trinajstić information content (AvgIpc) is 2.72. The van der Waals surface area contributed by atoms with Gasteiger partial charge in [0, 0.05) is 17.7 Å². The summed E-state index contributed by atoms with van der Waals surface area (Å²) in [6.45, 7) is 2.27. The highest BCUT2D eigenvalue weighted by Gasteiger charge is 2.07. The van der Waals surface area contributed by atoms with Crippen molar-refractivity contribution in [2.75, 3.05) is 0 Å². The molecule has 0 aliphatic carbocycles. The molecule has 0 saturated carbocycles. The molecule has 5 nitrogen and oxygen atoms in total. The van der Waals surface area contributed by atoms with E-state index in [4.69, 9.17) is 4.74 Å². The van der Waals surface area contributed by atoms with Gasteiger partial charge in [-0.3, -0.25) is 10.1 Å². The minimum absolute atomic E-state index is 0.0452. The SMILES string of the molecule is Cc1ccc(/C(C#N)=C/c2ccccc2OCc2ccc([N+](=O)[O-])cc2)cc1. The fraction of sp³-hybridized carbons (Fsp3) is 0.0870. The lowest BCUT2D eigenvalue weighted by molar-refractivity contribution is -0.384. The summed E-state index contributed by atoms with van der Waals surface area (Å²) in [6, 6.07) is 23.7. The second-order valence-corrected chi connectivity index (χ2v) is 6.29. The molecule has 0 aromatic heterocycles. The molecular weight excluding hydrogens is 352 g/mol. The van der Waals surface area contributed by atoms with Crippen LogP contribution in [0.15, 0.2) is 72.8 Å². The standard InChI is InChI=1S/C23H18N2O3/c1-17-6-10-19(11-7-17)21(15-24)14-20-4-2-3-5-23(20)28-16-18-8-12-22(13-9-18)25(26)27/h2-14H,16H2,1H3/b21-14+. The van der Waals surface area contributed by atoms with Gasteiger partial charge < -0.3 is 4.74 Å². The molecule has 0 spiro atoms. The number of aryl methyl sites for hydroxylation is 1. The third-order valence-electron chi connectivity index (χ3n) is 4.24. The zero-order chi connectivity index (χ0) is 19.9. The molecule has 3 rings (SSSR count). The maximum atomic E-state index is 10.7. The zero-order valence-electron chi connectivity index (χ0n) is 15.3. The van der Waals surface area contributed by atoms with E-state index in [1.807, 2.05) is 55.5 Å². The molecule has 0 fully saturated rings. The summed E-state index contributed by atoms with van der Waals surface area (Å²) < 4.78 is 5.90. The van der Waals surface area contributed by atoms with Crippen molar-refractivity contribution in [3.05, 3.63) is 105 Å². The highest BCUT2D eigenvalue weighted by atomic mass is 16.6. The maximum absolute atomic E-state index is 10.7. The first-order valence-electron chi connectivity index (χ1n) is 8.71. The predicted octanol–water partition coefficient (Wildman–Crippen LogP) is 5.55. The molecule has 0 bridgehead atoms. The topological polar surface area (TPSA) is 76.2 Å². The van der Waals surface area contributed by atoms with E-state index in [1.165, 1.54) is 12.1 Å². The Kier molecular flexibility index (Phi) is 5.83. The van der Waals surface area contributed by atoms with Crippen LogP contribution in [0, 0.1) is 28.4 Å². The van der Waals surface area contributed by atoms with Gasteiger partial charge in [-0.2, -0.15) is 5.26 Å². The summed E-state index contributed by atoms with van der Waals surface area (Å²) >= 11 is 0. The van der Waals surface area contributed by atoms with Crippen molar-refractivity contribution in [1.29, 1.82) is 5.26 Å². The van der Waals surface area contributed by atoms with Crippen molar-refractivity contribution in [1.82, 2.24) is 0 Å². The smallest absolute Gasteiger partial charge is 0.269 e. The molecule has 28 heavy (non-hydrogen) atoms. The number of nitrogens with zero attached hydrogens (tertiary/aromatic N) is 2. The largest absolute Gasteiger partial charge is 0.488 e. The Morgan fingerprint density at radius 1 is 1.07 bits per heavy atom.